The summed E-state index contributed by atoms with van der Waals surface area (Å²) in [6.07, 6.45) is 0. The molecule has 3 heteroatoms. The van der Waals surface area contributed by atoms with Gasteiger partial charge in [0.05, 0.1) is 0 Å². The molecule has 0 saturated heterocycles. The molecule has 2 atom stereocenters. The third kappa shape index (κ3) is 3.50. The van der Waals surface area contributed by atoms with Crippen molar-refractivity contribution < 1.29 is 4.74 Å². The number of ether oxygens (including phenoxy) is 1. The first kappa shape index (κ1) is 14.4. The van der Waals surface area contributed by atoms with E-state index < -0.39 is 10.1 Å². The monoisotopic (exact) mass is 294 g/mol. The largest absolute Gasteiger partial charge is 0.330 e. The number of rotatable bonds is 4. The Morgan fingerprint density at radius 2 is 1.00 bits per heavy atom. The Morgan fingerprint density at radius 3 is 1.32 bits per heavy atom. The molecule has 0 N–H and O–H groups in total. The average molecular weight is 295 g/mol. The molecule has 2 unspecified atom stereocenters. The molecule has 19 heavy (non-hydrogen) atoms. The molecule has 0 aliphatic carbocycles. The van der Waals surface area contributed by atoms with Crippen LogP contribution in [0.5, 0.6) is 0 Å². The van der Waals surface area contributed by atoms with Gasteiger partial charge in [-0.15, -0.1) is 0 Å². The molecule has 0 aromatic heterocycles. The highest BCUT2D eigenvalue weighted by atomic mass is 35.5. The van der Waals surface area contributed by atoms with Gasteiger partial charge in [0.25, 0.3) is 0 Å². The van der Waals surface area contributed by atoms with Crippen molar-refractivity contribution in [3.05, 3.63) is 71.8 Å². The van der Waals surface area contributed by atoms with E-state index in [0.717, 1.165) is 11.1 Å². The van der Waals surface area contributed by atoms with Gasteiger partial charge >= 0.3 is 0 Å². The van der Waals surface area contributed by atoms with Crippen LogP contribution in [0.2, 0.25) is 0 Å². The van der Waals surface area contributed by atoms with Gasteiger partial charge in [-0.3, -0.25) is 0 Å². The van der Waals surface area contributed by atoms with Crippen LogP contribution in [0.3, 0.4) is 0 Å². The number of halogens is 2. The highest BCUT2D eigenvalue weighted by molar-refractivity contribution is 6.25. The molecule has 1 nitrogen and oxygen atoms in total. The molecule has 0 spiro atoms. The fourth-order valence-corrected chi connectivity index (χ4v) is 2.55. The highest BCUT2D eigenvalue weighted by Gasteiger charge is 2.35. The number of hydrogen-bond acceptors (Lipinski definition) is 1. The minimum absolute atomic E-state index is 0.875. The summed E-state index contributed by atoms with van der Waals surface area (Å²) in [5.41, 5.74) is 1.75. The van der Waals surface area contributed by atoms with Crippen LogP contribution in [-0.4, -0.2) is 0 Å². The van der Waals surface area contributed by atoms with Crippen LogP contribution >= 0.6 is 23.2 Å². The van der Waals surface area contributed by atoms with Crippen LogP contribution in [0.25, 0.3) is 0 Å². The van der Waals surface area contributed by atoms with Crippen LogP contribution in [0.1, 0.15) is 25.0 Å². The number of alkyl halides is 2. The summed E-state index contributed by atoms with van der Waals surface area (Å²) in [6.45, 7) is 3.60. The second-order valence-corrected chi connectivity index (χ2v) is 6.11. The summed E-state index contributed by atoms with van der Waals surface area (Å²) in [5, 5.41) is -1.96. The van der Waals surface area contributed by atoms with Crippen molar-refractivity contribution in [2.24, 2.45) is 0 Å². The summed E-state index contributed by atoms with van der Waals surface area (Å²) in [4.78, 5) is 0. The maximum Gasteiger partial charge on any atom is 0.167 e. The van der Waals surface area contributed by atoms with Crippen LogP contribution in [0, 0.1) is 0 Å². The van der Waals surface area contributed by atoms with Gasteiger partial charge in [0, 0.05) is 0 Å². The second-order valence-electron chi connectivity index (χ2n) is 4.67. The molecular weight excluding hydrogens is 279 g/mol. The van der Waals surface area contributed by atoms with Crippen LogP contribution in [-0.2, 0) is 14.9 Å². The van der Waals surface area contributed by atoms with Crippen molar-refractivity contribution in [2.45, 2.75) is 24.0 Å². The summed E-state index contributed by atoms with van der Waals surface area (Å²) in [7, 11) is 0. The first-order valence-corrected chi connectivity index (χ1v) is 6.86. The summed E-state index contributed by atoms with van der Waals surface area (Å²) < 4.78 is 5.93. The molecule has 2 aromatic carbocycles. The van der Waals surface area contributed by atoms with Gasteiger partial charge in [-0.2, -0.15) is 0 Å². The zero-order valence-electron chi connectivity index (χ0n) is 10.9. The first-order chi connectivity index (χ1) is 8.92. The molecule has 0 aliphatic heterocycles. The maximum absolute atomic E-state index is 6.49. The molecule has 0 radical (unpaired) electrons. The topological polar surface area (TPSA) is 9.23 Å². The molecule has 0 aliphatic rings. The van der Waals surface area contributed by atoms with Crippen molar-refractivity contribution in [3.8, 4) is 0 Å². The van der Waals surface area contributed by atoms with Crippen LogP contribution in [0.4, 0.5) is 0 Å². The lowest BCUT2D eigenvalue weighted by molar-refractivity contribution is -0.0544. The van der Waals surface area contributed by atoms with Crippen molar-refractivity contribution in [1.29, 1.82) is 0 Å². The van der Waals surface area contributed by atoms with E-state index in [1.165, 1.54) is 0 Å². The molecule has 2 aromatic rings. The predicted molar refractivity (Wildman–Crippen MR) is 80.4 cm³/mol. The van der Waals surface area contributed by atoms with E-state index in [-0.39, 0.29) is 0 Å². The van der Waals surface area contributed by atoms with Crippen molar-refractivity contribution in [1.82, 2.24) is 0 Å². The van der Waals surface area contributed by atoms with Gasteiger partial charge in [-0.05, 0) is 25.0 Å². The molecular formula is C16H16Cl2O. The molecule has 0 amide bonds. The van der Waals surface area contributed by atoms with Gasteiger partial charge in [-0.1, -0.05) is 83.9 Å². The second kappa shape index (κ2) is 5.54. The van der Waals surface area contributed by atoms with Gasteiger partial charge in [0.2, 0.25) is 0 Å². The average Bonchev–Trinajstić information content (AvgIpc) is 2.40. The Kier molecular flexibility index (Phi) is 4.19. The minimum atomic E-state index is -0.979. The van der Waals surface area contributed by atoms with E-state index in [2.05, 4.69) is 0 Å². The first-order valence-electron chi connectivity index (χ1n) is 6.11. The zero-order valence-corrected chi connectivity index (χ0v) is 12.4. The maximum atomic E-state index is 6.49. The van der Waals surface area contributed by atoms with Crippen molar-refractivity contribution in [2.75, 3.05) is 0 Å². The fraction of sp³-hybridized carbons (Fsp3) is 0.250. The third-order valence-electron chi connectivity index (χ3n) is 2.96. The quantitative estimate of drug-likeness (QED) is 0.702. The lowest BCUT2D eigenvalue weighted by Gasteiger charge is -2.33. The van der Waals surface area contributed by atoms with Gasteiger partial charge in [0.15, 0.2) is 10.1 Å². The summed E-state index contributed by atoms with van der Waals surface area (Å²) >= 11 is 13.0. The molecule has 0 saturated carbocycles. The number of benzene rings is 2. The molecule has 2 rings (SSSR count). The summed E-state index contributed by atoms with van der Waals surface area (Å²) in [5.74, 6) is 0. The molecule has 0 bridgehead atoms. The lowest BCUT2D eigenvalue weighted by Crippen LogP contribution is -2.29. The Hall–Kier alpha value is -1.02. The number of hydrogen-bond donors (Lipinski definition) is 0. The normalized spacial score (nSPS) is 17.5. The van der Waals surface area contributed by atoms with Gasteiger partial charge in [0.1, 0.15) is 0 Å². The standard InChI is InChI=1S/C16H16Cl2O/c1-15(17,13-9-5-3-6-10-13)19-16(2,18)14-11-7-4-8-12-14/h3-12H,1-2H3. The van der Waals surface area contributed by atoms with Crippen molar-refractivity contribution in [3.63, 3.8) is 0 Å². The molecule has 100 valence electrons. The van der Waals surface area contributed by atoms with Gasteiger partial charge in [-0.25, -0.2) is 0 Å². The van der Waals surface area contributed by atoms with E-state index in [1.807, 2.05) is 60.7 Å². The minimum Gasteiger partial charge on any atom is -0.330 e. The summed E-state index contributed by atoms with van der Waals surface area (Å²) in [6, 6.07) is 19.3. The molecule has 0 fully saturated rings. The van der Waals surface area contributed by atoms with E-state index in [0.29, 0.717) is 0 Å². The zero-order chi connectivity index (χ0) is 13.9. The predicted octanol–water partition coefficient (Wildman–Crippen LogP) is 5.23. The van der Waals surface area contributed by atoms with E-state index >= 15 is 0 Å². The Balaban J connectivity index is 2.25. The lowest BCUT2D eigenvalue weighted by atomic mass is 10.1. The Bertz CT molecular complexity index is 471. The van der Waals surface area contributed by atoms with E-state index in [1.54, 1.807) is 13.8 Å². The molecule has 0 heterocycles. The van der Waals surface area contributed by atoms with E-state index in [9.17, 15) is 0 Å². The Morgan fingerprint density at radius 1 is 0.684 bits per heavy atom. The van der Waals surface area contributed by atoms with Crippen LogP contribution in [0.15, 0.2) is 60.7 Å². The SMILES string of the molecule is CC(Cl)(OC(C)(Cl)c1ccccc1)c1ccccc1. The third-order valence-corrected chi connectivity index (χ3v) is 3.55. The van der Waals surface area contributed by atoms with E-state index in [4.69, 9.17) is 27.9 Å². The van der Waals surface area contributed by atoms with Crippen molar-refractivity contribution >= 4 is 23.2 Å². The van der Waals surface area contributed by atoms with Crippen LogP contribution < -0.4 is 0 Å². The van der Waals surface area contributed by atoms with Gasteiger partial charge < -0.3 is 4.74 Å². The Labute approximate surface area is 124 Å². The highest BCUT2D eigenvalue weighted by Crippen LogP contribution is 2.41. The smallest absolute Gasteiger partial charge is 0.167 e. The fourth-order valence-electron chi connectivity index (χ4n) is 1.95.